The lowest BCUT2D eigenvalue weighted by Crippen LogP contribution is -2.38. The van der Waals surface area contributed by atoms with Crippen molar-refractivity contribution >= 4 is 17.6 Å². The number of aryl methyl sites for hydroxylation is 1. The number of amides is 1. The third-order valence-electron chi connectivity index (χ3n) is 2.78. The van der Waals surface area contributed by atoms with Crippen LogP contribution in [-0.2, 0) is 9.59 Å². The van der Waals surface area contributed by atoms with Crippen LogP contribution in [0.1, 0.15) is 18.4 Å². The number of hydrogen-bond acceptors (Lipinski definition) is 2. The van der Waals surface area contributed by atoms with E-state index >= 15 is 0 Å². The number of carboxylic acids is 1. The van der Waals surface area contributed by atoms with Gasteiger partial charge < -0.3 is 5.11 Å². The Hall–Kier alpha value is -1.84. The lowest BCUT2D eigenvalue weighted by atomic mass is 10.2. The van der Waals surface area contributed by atoms with Gasteiger partial charge in [-0.3, -0.25) is 9.69 Å². The molecule has 0 bridgehead atoms. The first-order valence-electron chi connectivity index (χ1n) is 5.21. The Morgan fingerprint density at radius 2 is 2.25 bits per heavy atom. The molecule has 4 heteroatoms. The van der Waals surface area contributed by atoms with Crippen LogP contribution in [0.25, 0.3) is 0 Å². The maximum atomic E-state index is 11.7. The highest BCUT2D eigenvalue weighted by Crippen LogP contribution is 2.27. The molecule has 1 saturated heterocycles. The highest BCUT2D eigenvalue weighted by molar-refractivity contribution is 6.02. The van der Waals surface area contributed by atoms with E-state index in [1.54, 1.807) is 6.07 Å². The molecule has 1 aromatic carbocycles. The van der Waals surface area contributed by atoms with Gasteiger partial charge in [-0.15, -0.1) is 0 Å². The van der Waals surface area contributed by atoms with Gasteiger partial charge in [-0.25, -0.2) is 4.79 Å². The number of carboxylic acid groups (broad SMARTS) is 1. The third-order valence-corrected chi connectivity index (χ3v) is 2.78. The number of carbonyl (C=O) groups is 2. The molecule has 2 rings (SSSR count). The molecular formula is C12H13NO3. The van der Waals surface area contributed by atoms with Gasteiger partial charge in [0.25, 0.3) is 0 Å². The Kier molecular flexibility index (Phi) is 2.64. The fourth-order valence-corrected chi connectivity index (χ4v) is 2.02. The van der Waals surface area contributed by atoms with Crippen LogP contribution in [0.3, 0.4) is 0 Å². The summed E-state index contributed by atoms with van der Waals surface area (Å²) in [7, 11) is 0. The van der Waals surface area contributed by atoms with Crippen molar-refractivity contribution < 1.29 is 14.7 Å². The first kappa shape index (κ1) is 10.7. The first-order valence-corrected chi connectivity index (χ1v) is 5.21. The Bertz CT molecular complexity index is 442. The first-order chi connectivity index (χ1) is 7.59. The maximum Gasteiger partial charge on any atom is 0.326 e. The van der Waals surface area contributed by atoms with Crippen molar-refractivity contribution in [3.8, 4) is 0 Å². The summed E-state index contributed by atoms with van der Waals surface area (Å²) in [6.45, 7) is 1.92. The predicted molar refractivity (Wildman–Crippen MR) is 59.3 cm³/mol. The van der Waals surface area contributed by atoms with E-state index in [-0.39, 0.29) is 5.91 Å². The van der Waals surface area contributed by atoms with Crippen LogP contribution in [0.5, 0.6) is 0 Å². The highest BCUT2D eigenvalue weighted by atomic mass is 16.4. The minimum absolute atomic E-state index is 0.113. The molecule has 1 fully saturated rings. The molecule has 4 nitrogen and oxygen atoms in total. The second-order valence-electron chi connectivity index (χ2n) is 4.00. The van der Waals surface area contributed by atoms with E-state index in [2.05, 4.69) is 0 Å². The summed E-state index contributed by atoms with van der Waals surface area (Å²) in [5.74, 6) is -1.05. The Balaban J connectivity index is 2.37. The molecule has 1 unspecified atom stereocenters. The Morgan fingerprint density at radius 3 is 2.88 bits per heavy atom. The van der Waals surface area contributed by atoms with Gasteiger partial charge in [0.15, 0.2) is 0 Å². The second-order valence-corrected chi connectivity index (χ2v) is 4.00. The fraction of sp³-hybridized carbons (Fsp3) is 0.333. The lowest BCUT2D eigenvalue weighted by molar-refractivity contribution is -0.138. The number of benzene rings is 1. The molecule has 1 heterocycles. The summed E-state index contributed by atoms with van der Waals surface area (Å²) < 4.78 is 0. The minimum atomic E-state index is -0.938. The van der Waals surface area contributed by atoms with E-state index in [9.17, 15) is 9.59 Å². The maximum absolute atomic E-state index is 11.7. The van der Waals surface area contributed by atoms with Crippen molar-refractivity contribution in [2.24, 2.45) is 0 Å². The molecule has 1 atom stereocenters. The van der Waals surface area contributed by atoms with Gasteiger partial charge in [0.05, 0.1) is 0 Å². The van der Waals surface area contributed by atoms with E-state index in [0.717, 1.165) is 5.56 Å². The van der Waals surface area contributed by atoms with E-state index in [0.29, 0.717) is 18.5 Å². The van der Waals surface area contributed by atoms with Gasteiger partial charge in [0, 0.05) is 12.1 Å². The summed E-state index contributed by atoms with van der Waals surface area (Å²) >= 11 is 0. The quantitative estimate of drug-likeness (QED) is 0.821. The van der Waals surface area contributed by atoms with Crippen molar-refractivity contribution in [3.63, 3.8) is 0 Å². The largest absolute Gasteiger partial charge is 0.480 e. The average molecular weight is 219 g/mol. The molecule has 1 aromatic rings. The van der Waals surface area contributed by atoms with Crippen molar-refractivity contribution in [3.05, 3.63) is 29.8 Å². The molecule has 1 N–H and O–H groups in total. The number of aliphatic carboxylic acids is 1. The molecular weight excluding hydrogens is 206 g/mol. The standard InChI is InChI=1S/C12H13NO3/c1-8-3-2-4-9(7-8)13-10(12(15)16)5-6-11(13)14/h2-4,7,10H,5-6H2,1H3,(H,15,16). The second kappa shape index (κ2) is 3.96. The number of carbonyl (C=O) groups excluding carboxylic acids is 1. The number of hydrogen-bond donors (Lipinski definition) is 1. The minimum Gasteiger partial charge on any atom is -0.480 e. The summed E-state index contributed by atoms with van der Waals surface area (Å²) in [6, 6.07) is 6.63. The zero-order valence-corrected chi connectivity index (χ0v) is 9.01. The molecule has 16 heavy (non-hydrogen) atoms. The Labute approximate surface area is 93.5 Å². The summed E-state index contributed by atoms with van der Waals surface area (Å²) in [6.07, 6.45) is 0.701. The van der Waals surface area contributed by atoms with Crippen LogP contribution in [0, 0.1) is 6.92 Å². The van der Waals surface area contributed by atoms with Crippen LogP contribution in [0.15, 0.2) is 24.3 Å². The van der Waals surface area contributed by atoms with Crippen LogP contribution in [-0.4, -0.2) is 23.0 Å². The molecule has 0 aromatic heterocycles. The summed E-state index contributed by atoms with van der Waals surface area (Å²) in [5.41, 5.74) is 1.69. The third kappa shape index (κ3) is 1.78. The van der Waals surface area contributed by atoms with Crippen molar-refractivity contribution in [1.29, 1.82) is 0 Å². The van der Waals surface area contributed by atoms with Gasteiger partial charge in [0.1, 0.15) is 6.04 Å². The normalized spacial score (nSPS) is 20.2. The summed E-state index contributed by atoms with van der Waals surface area (Å²) in [4.78, 5) is 24.1. The number of anilines is 1. The van der Waals surface area contributed by atoms with E-state index in [1.165, 1.54) is 4.90 Å². The smallest absolute Gasteiger partial charge is 0.326 e. The zero-order chi connectivity index (χ0) is 11.7. The Morgan fingerprint density at radius 1 is 1.50 bits per heavy atom. The van der Waals surface area contributed by atoms with Gasteiger partial charge in [-0.1, -0.05) is 12.1 Å². The number of rotatable bonds is 2. The van der Waals surface area contributed by atoms with Crippen LogP contribution in [0.4, 0.5) is 5.69 Å². The highest BCUT2D eigenvalue weighted by Gasteiger charge is 2.36. The molecule has 1 amide bonds. The van der Waals surface area contributed by atoms with Gasteiger partial charge in [-0.2, -0.15) is 0 Å². The zero-order valence-electron chi connectivity index (χ0n) is 9.01. The predicted octanol–water partition coefficient (Wildman–Crippen LogP) is 1.58. The fourth-order valence-electron chi connectivity index (χ4n) is 2.02. The average Bonchev–Trinajstić information content (AvgIpc) is 2.60. The molecule has 0 saturated carbocycles. The van der Waals surface area contributed by atoms with E-state index in [1.807, 2.05) is 25.1 Å². The molecule has 1 aliphatic rings. The monoisotopic (exact) mass is 219 g/mol. The lowest BCUT2D eigenvalue weighted by Gasteiger charge is -2.21. The van der Waals surface area contributed by atoms with E-state index < -0.39 is 12.0 Å². The molecule has 1 aliphatic heterocycles. The molecule has 84 valence electrons. The van der Waals surface area contributed by atoms with Crippen LogP contribution in [0.2, 0.25) is 0 Å². The van der Waals surface area contributed by atoms with E-state index in [4.69, 9.17) is 5.11 Å². The van der Waals surface area contributed by atoms with Gasteiger partial charge in [0.2, 0.25) is 5.91 Å². The molecule has 0 spiro atoms. The van der Waals surface area contributed by atoms with Crippen molar-refractivity contribution in [2.45, 2.75) is 25.8 Å². The van der Waals surface area contributed by atoms with Crippen molar-refractivity contribution in [2.75, 3.05) is 4.90 Å². The molecule has 0 aliphatic carbocycles. The van der Waals surface area contributed by atoms with Gasteiger partial charge in [-0.05, 0) is 31.0 Å². The topological polar surface area (TPSA) is 57.6 Å². The van der Waals surface area contributed by atoms with Gasteiger partial charge >= 0.3 is 5.97 Å². The van der Waals surface area contributed by atoms with Crippen molar-refractivity contribution in [1.82, 2.24) is 0 Å². The molecule has 0 radical (unpaired) electrons. The number of nitrogens with zero attached hydrogens (tertiary/aromatic N) is 1. The SMILES string of the molecule is Cc1cccc(N2C(=O)CCC2C(=O)O)c1. The van der Waals surface area contributed by atoms with Crippen LogP contribution < -0.4 is 4.90 Å². The summed E-state index contributed by atoms with van der Waals surface area (Å²) in [5, 5.41) is 9.04. The van der Waals surface area contributed by atoms with Crippen LogP contribution >= 0.6 is 0 Å².